The molecule has 0 spiro atoms. The van der Waals surface area contributed by atoms with Crippen LogP contribution in [0.2, 0.25) is 0 Å². The summed E-state index contributed by atoms with van der Waals surface area (Å²) in [5.74, 6) is 3.59. The second-order valence-electron chi connectivity index (χ2n) is 8.99. The van der Waals surface area contributed by atoms with Crippen LogP contribution in [0.5, 0.6) is 0 Å². The number of allylic oxidation sites excluding steroid dienone is 3. The minimum absolute atomic E-state index is 0.152. The molecular formula is C22H34O. The fraction of sp³-hybridized carbons (Fsp3) is 0.818. The van der Waals surface area contributed by atoms with Crippen LogP contribution in [0.1, 0.15) is 78.1 Å². The second-order valence-corrected chi connectivity index (χ2v) is 8.99. The Morgan fingerprint density at radius 3 is 2.87 bits per heavy atom. The first-order valence-corrected chi connectivity index (χ1v) is 10.2. The van der Waals surface area contributed by atoms with E-state index in [0.29, 0.717) is 5.41 Å². The van der Waals surface area contributed by atoms with Crippen molar-refractivity contribution in [2.24, 2.45) is 29.1 Å². The van der Waals surface area contributed by atoms with Crippen molar-refractivity contribution >= 4 is 0 Å². The molecule has 4 aliphatic rings. The van der Waals surface area contributed by atoms with Gasteiger partial charge < -0.3 is 5.11 Å². The maximum absolute atomic E-state index is 9.97. The zero-order valence-corrected chi connectivity index (χ0v) is 15.1. The minimum atomic E-state index is -0.152. The first kappa shape index (κ1) is 15.9. The van der Waals surface area contributed by atoms with Gasteiger partial charge in [0.2, 0.25) is 0 Å². The molecule has 23 heavy (non-hydrogen) atoms. The van der Waals surface area contributed by atoms with Gasteiger partial charge in [-0.25, -0.2) is 0 Å². The molecule has 0 heterocycles. The lowest BCUT2D eigenvalue weighted by atomic mass is 9.51. The molecule has 0 aromatic carbocycles. The highest BCUT2D eigenvalue weighted by molar-refractivity contribution is 5.27. The number of unbranched alkanes of at least 4 members (excludes halogenated alkanes) is 1. The Morgan fingerprint density at radius 1 is 1.17 bits per heavy atom. The standard InChI is InChI=1S/C22H34O/c1-3-4-5-16-7-11-21-20-9-6-15-14-17(23)8-10-18(15)19(20)12-13-22(16,21)2/h7,14,17-21,23H,3-6,8-13H2,1-2H3/t17-,18-,19?,20?,21?,22+/m0/s1. The molecule has 0 bridgehead atoms. The van der Waals surface area contributed by atoms with Gasteiger partial charge in [0.05, 0.1) is 6.10 Å². The Kier molecular flexibility index (Phi) is 4.20. The van der Waals surface area contributed by atoms with E-state index in [1.54, 1.807) is 5.57 Å². The highest BCUT2D eigenvalue weighted by Crippen LogP contribution is 2.62. The largest absolute Gasteiger partial charge is 0.389 e. The summed E-state index contributed by atoms with van der Waals surface area (Å²) < 4.78 is 0. The molecule has 0 saturated heterocycles. The van der Waals surface area contributed by atoms with E-state index in [2.05, 4.69) is 26.0 Å². The van der Waals surface area contributed by atoms with Crippen LogP contribution in [0.4, 0.5) is 0 Å². The van der Waals surface area contributed by atoms with E-state index < -0.39 is 0 Å². The van der Waals surface area contributed by atoms with Crippen LogP contribution in [0.3, 0.4) is 0 Å². The summed E-state index contributed by atoms with van der Waals surface area (Å²) in [5, 5.41) is 9.97. The third kappa shape index (κ3) is 2.54. The van der Waals surface area contributed by atoms with Crippen molar-refractivity contribution in [3.8, 4) is 0 Å². The lowest BCUT2D eigenvalue weighted by Crippen LogP contribution is -2.45. The van der Waals surface area contributed by atoms with Gasteiger partial charge in [-0.3, -0.25) is 0 Å². The summed E-state index contributed by atoms with van der Waals surface area (Å²) in [7, 11) is 0. The smallest absolute Gasteiger partial charge is 0.0723 e. The van der Waals surface area contributed by atoms with Gasteiger partial charge in [0.1, 0.15) is 0 Å². The van der Waals surface area contributed by atoms with Gasteiger partial charge in [-0.2, -0.15) is 0 Å². The van der Waals surface area contributed by atoms with E-state index in [4.69, 9.17) is 0 Å². The maximum Gasteiger partial charge on any atom is 0.0723 e. The number of hydrogen-bond donors (Lipinski definition) is 1. The Labute approximate surface area is 142 Å². The molecule has 6 atom stereocenters. The van der Waals surface area contributed by atoms with Crippen molar-refractivity contribution < 1.29 is 5.11 Å². The topological polar surface area (TPSA) is 20.2 Å². The molecule has 1 nitrogen and oxygen atoms in total. The van der Waals surface area contributed by atoms with Gasteiger partial charge in [-0.1, -0.05) is 43.6 Å². The van der Waals surface area contributed by atoms with Crippen LogP contribution in [0.15, 0.2) is 23.3 Å². The summed E-state index contributed by atoms with van der Waals surface area (Å²) >= 11 is 0. The van der Waals surface area contributed by atoms with E-state index in [-0.39, 0.29) is 6.10 Å². The molecule has 0 aromatic rings. The average molecular weight is 315 g/mol. The molecular weight excluding hydrogens is 280 g/mol. The predicted octanol–water partition coefficient (Wildman–Crippen LogP) is 5.65. The lowest BCUT2D eigenvalue weighted by molar-refractivity contribution is 0.00335. The van der Waals surface area contributed by atoms with E-state index in [0.717, 1.165) is 30.1 Å². The number of hydrogen-bond acceptors (Lipinski definition) is 1. The van der Waals surface area contributed by atoms with Crippen molar-refractivity contribution in [3.63, 3.8) is 0 Å². The maximum atomic E-state index is 9.97. The quantitative estimate of drug-likeness (QED) is 0.668. The Morgan fingerprint density at radius 2 is 2.04 bits per heavy atom. The highest BCUT2D eigenvalue weighted by atomic mass is 16.3. The SMILES string of the molecule is CCCCC1=CCC2C3CCC4=C[C@@H](O)CC[C@@H]4C3CC[C@]12C. The van der Waals surface area contributed by atoms with Crippen LogP contribution in [-0.4, -0.2) is 11.2 Å². The molecule has 1 N–H and O–H groups in total. The predicted molar refractivity (Wildman–Crippen MR) is 96.1 cm³/mol. The van der Waals surface area contributed by atoms with Gasteiger partial charge in [-0.05, 0) is 86.9 Å². The van der Waals surface area contributed by atoms with Crippen LogP contribution < -0.4 is 0 Å². The fourth-order valence-corrected chi connectivity index (χ4v) is 6.72. The molecule has 4 aliphatic carbocycles. The van der Waals surface area contributed by atoms with Crippen LogP contribution in [-0.2, 0) is 0 Å². The normalized spacial score (nSPS) is 45.6. The van der Waals surface area contributed by atoms with E-state index in [9.17, 15) is 5.11 Å². The zero-order valence-electron chi connectivity index (χ0n) is 15.1. The van der Waals surface area contributed by atoms with Crippen LogP contribution in [0.25, 0.3) is 0 Å². The van der Waals surface area contributed by atoms with Crippen LogP contribution >= 0.6 is 0 Å². The number of aliphatic hydroxyl groups is 1. The first-order valence-electron chi connectivity index (χ1n) is 10.2. The Balaban J connectivity index is 1.54. The van der Waals surface area contributed by atoms with Gasteiger partial charge in [0.15, 0.2) is 0 Å². The van der Waals surface area contributed by atoms with E-state index in [1.807, 2.05) is 5.57 Å². The minimum Gasteiger partial charge on any atom is -0.389 e. The molecule has 128 valence electrons. The number of fused-ring (bicyclic) bond motifs is 5. The van der Waals surface area contributed by atoms with Gasteiger partial charge in [0, 0.05) is 0 Å². The fourth-order valence-electron chi connectivity index (χ4n) is 6.72. The molecule has 2 saturated carbocycles. The first-order chi connectivity index (χ1) is 11.1. The Hall–Kier alpha value is -0.560. The van der Waals surface area contributed by atoms with Crippen molar-refractivity contribution in [2.75, 3.05) is 0 Å². The highest BCUT2D eigenvalue weighted by Gasteiger charge is 2.53. The summed E-state index contributed by atoms with van der Waals surface area (Å²) in [6.45, 7) is 4.91. The third-order valence-corrected chi connectivity index (χ3v) is 7.97. The molecule has 3 unspecified atom stereocenters. The van der Waals surface area contributed by atoms with E-state index >= 15 is 0 Å². The molecule has 1 heteroatoms. The zero-order chi connectivity index (χ0) is 16.0. The number of rotatable bonds is 3. The van der Waals surface area contributed by atoms with Crippen molar-refractivity contribution in [1.82, 2.24) is 0 Å². The monoisotopic (exact) mass is 314 g/mol. The van der Waals surface area contributed by atoms with E-state index in [1.165, 1.54) is 57.8 Å². The number of aliphatic hydroxyl groups excluding tert-OH is 1. The van der Waals surface area contributed by atoms with Crippen molar-refractivity contribution in [1.29, 1.82) is 0 Å². The molecule has 0 amide bonds. The summed E-state index contributed by atoms with van der Waals surface area (Å²) in [4.78, 5) is 0. The Bertz CT molecular complexity index is 516. The van der Waals surface area contributed by atoms with Gasteiger partial charge >= 0.3 is 0 Å². The molecule has 0 aromatic heterocycles. The molecule has 0 radical (unpaired) electrons. The lowest BCUT2D eigenvalue weighted by Gasteiger charge is -2.54. The molecule has 2 fully saturated rings. The second kappa shape index (κ2) is 6.06. The van der Waals surface area contributed by atoms with Crippen LogP contribution in [0, 0.1) is 29.1 Å². The van der Waals surface area contributed by atoms with Gasteiger partial charge in [0.25, 0.3) is 0 Å². The van der Waals surface area contributed by atoms with Crippen molar-refractivity contribution in [3.05, 3.63) is 23.3 Å². The molecule has 0 aliphatic heterocycles. The van der Waals surface area contributed by atoms with Gasteiger partial charge in [-0.15, -0.1) is 0 Å². The molecule has 4 rings (SSSR count). The van der Waals surface area contributed by atoms with Crippen molar-refractivity contribution in [2.45, 2.75) is 84.2 Å². The average Bonchev–Trinajstić information content (AvgIpc) is 2.89. The summed E-state index contributed by atoms with van der Waals surface area (Å²) in [5.41, 5.74) is 3.94. The third-order valence-electron chi connectivity index (χ3n) is 7.97. The summed E-state index contributed by atoms with van der Waals surface area (Å²) in [6.07, 6.45) is 17.8. The summed E-state index contributed by atoms with van der Waals surface area (Å²) in [6, 6.07) is 0.